The lowest BCUT2D eigenvalue weighted by molar-refractivity contribution is -0.143. The van der Waals surface area contributed by atoms with Gasteiger partial charge in [0, 0.05) is 12.8 Å². The fourth-order valence-corrected chi connectivity index (χ4v) is 6.84. The number of aliphatic hydroxyl groups is 2. The van der Waals surface area contributed by atoms with E-state index in [1.165, 1.54) is 122 Å². The Hall–Kier alpha value is -2.18. The predicted octanol–water partition coefficient (Wildman–Crippen LogP) is 13.9. The number of aliphatic hydroxyl groups excluding tert-OH is 2. The maximum absolute atomic E-state index is 12.4. The lowest BCUT2D eigenvalue weighted by Gasteiger charge is -2.19. The van der Waals surface area contributed by atoms with Gasteiger partial charge in [0.05, 0.1) is 25.4 Å². The molecule has 1 amide bonds. The molecule has 0 radical (unpaired) electrons. The van der Waals surface area contributed by atoms with Crippen LogP contribution < -0.4 is 5.32 Å². The lowest BCUT2D eigenvalue weighted by atomic mass is 10.0. The number of amides is 1. The molecule has 0 aliphatic carbocycles. The van der Waals surface area contributed by atoms with Crippen LogP contribution in [0.2, 0.25) is 0 Å². The number of hydrogen-bond donors (Lipinski definition) is 3. The summed E-state index contributed by atoms with van der Waals surface area (Å²) >= 11 is 0. The number of allylic oxidation sites excluding steroid dienone is 7. The molecule has 0 heterocycles. The van der Waals surface area contributed by atoms with Crippen LogP contribution in [0.5, 0.6) is 0 Å². The summed E-state index contributed by atoms with van der Waals surface area (Å²) in [6.45, 7) is 4.77. The Balaban J connectivity index is 3.61. The van der Waals surface area contributed by atoms with Crippen molar-refractivity contribution in [1.82, 2.24) is 5.32 Å². The largest absolute Gasteiger partial charge is 0.466 e. The molecule has 0 aromatic heterocycles. The minimum atomic E-state index is -0.876. The van der Waals surface area contributed by atoms with Crippen LogP contribution in [0.1, 0.15) is 232 Å². The normalized spacial score (nSPS) is 13.1. The third kappa shape index (κ3) is 41.5. The Morgan fingerprint density at radius 2 is 0.911 bits per heavy atom. The predicted molar refractivity (Wildman–Crippen MR) is 241 cm³/mol. The first-order chi connectivity index (χ1) is 27.5. The third-order valence-corrected chi connectivity index (χ3v) is 10.6. The van der Waals surface area contributed by atoms with Crippen LogP contribution in [0.15, 0.2) is 48.6 Å². The number of carbonyl (C=O) groups is 2. The zero-order chi connectivity index (χ0) is 40.8. The number of ether oxygens (including phenoxy) is 1. The van der Waals surface area contributed by atoms with E-state index in [0.717, 1.165) is 83.5 Å². The molecular formula is C50H91NO5. The van der Waals surface area contributed by atoms with Crippen molar-refractivity contribution in [2.45, 2.75) is 244 Å². The minimum Gasteiger partial charge on any atom is -0.466 e. The molecule has 0 aromatic carbocycles. The minimum absolute atomic E-state index is 0.0527. The van der Waals surface area contributed by atoms with Crippen molar-refractivity contribution >= 4 is 11.9 Å². The summed E-state index contributed by atoms with van der Waals surface area (Å²) in [5.74, 6) is -0.184. The fourth-order valence-electron chi connectivity index (χ4n) is 6.84. The van der Waals surface area contributed by atoms with Crippen LogP contribution in [-0.2, 0) is 14.3 Å². The Morgan fingerprint density at radius 1 is 0.500 bits per heavy atom. The van der Waals surface area contributed by atoms with Gasteiger partial charge in [0.25, 0.3) is 0 Å². The summed E-state index contributed by atoms with van der Waals surface area (Å²) in [4.78, 5) is 24.4. The molecule has 56 heavy (non-hydrogen) atoms. The molecule has 0 saturated heterocycles. The van der Waals surface area contributed by atoms with Crippen LogP contribution in [-0.4, -0.2) is 47.4 Å². The van der Waals surface area contributed by atoms with Gasteiger partial charge in [0.2, 0.25) is 5.91 Å². The molecule has 0 bridgehead atoms. The van der Waals surface area contributed by atoms with Crippen LogP contribution in [0.4, 0.5) is 0 Å². The van der Waals surface area contributed by atoms with E-state index in [0.29, 0.717) is 19.4 Å². The van der Waals surface area contributed by atoms with E-state index in [2.05, 4.69) is 55.6 Å². The second kappa shape index (κ2) is 45.5. The molecule has 6 heteroatoms. The standard InChI is InChI=1S/C50H91NO5/c1-3-5-7-9-11-13-15-17-19-20-22-24-28-32-36-40-44-50(55)56-45-41-37-33-29-25-27-31-35-39-43-49(54)51-47(46-52)48(53)42-38-34-30-26-23-21-18-16-14-12-10-8-6-4-2/h13,15,19-20,27,31,38,42,47-48,52-53H,3-12,14,16-18,21-26,28-30,32-37,39-41,43-46H2,1-2H3,(H,51,54)/b15-13-,20-19-,31-27-,42-38+. The quantitative estimate of drug-likeness (QED) is 0.0325. The second-order valence-electron chi connectivity index (χ2n) is 16.1. The number of nitrogens with one attached hydrogen (secondary N) is 1. The lowest BCUT2D eigenvalue weighted by Crippen LogP contribution is -2.45. The van der Waals surface area contributed by atoms with Crippen molar-refractivity contribution in [1.29, 1.82) is 0 Å². The number of rotatable bonds is 43. The molecule has 0 aromatic rings. The molecule has 0 rings (SSSR count). The number of hydrogen-bond acceptors (Lipinski definition) is 5. The average molecular weight is 786 g/mol. The smallest absolute Gasteiger partial charge is 0.305 e. The summed E-state index contributed by atoms with van der Waals surface area (Å²) < 4.78 is 5.42. The summed E-state index contributed by atoms with van der Waals surface area (Å²) in [6, 6.07) is -0.666. The van der Waals surface area contributed by atoms with Gasteiger partial charge in [-0.05, 0) is 83.5 Å². The average Bonchev–Trinajstić information content (AvgIpc) is 3.20. The molecule has 2 unspecified atom stereocenters. The number of esters is 1. The summed E-state index contributed by atoms with van der Waals surface area (Å²) in [6.07, 6.45) is 55.3. The van der Waals surface area contributed by atoms with Gasteiger partial charge >= 0.3 is 5.97 Å². The van der Waals surface area contributed by atoms with Gasteiger partial charge in [-0.15, -0.1) is 0 Å². The van der Waals surface area contributed by atoms with Gasteiger partial charge in [0.15, 0.2) is 0 Å². The SMILES string of the molecule is CCCCCC/C=C\C/C=C\CCCCCCCC(=O)OCCCCCC/C=C\CCCC(=O)NC(CO)C(O)/C=C/CCCCCCCCCCCCCC. The van der Waals surface area contributed by atoms with E-state index >= 15 is 0 Å². The van der Waals surface area contributed by atoms with Gasteiger partial charge in [-0.25, -0.2) is 0 Å². The molecule has 0 aliphatic rings. The summed E-state index contributed by atoms with van der Waals surface area (Å²) in [7, 11) is 0. The van der Waals surface area contributed by atoms with Crippen molar-refractivity contribution in [3.05, 3.63) is 48.6 Å². The maximum Gasteiger partial charge on any atom is 0.305 e. The van der Waals surface area contributed by atoms with E-state index in [1.54, 1.807) is 6.08 Å². The topological polar surface area (TPSA) is 95.9 Å². The zero-order valence-corrected chi connectivity index (χ0v) is 36.8. The van der Waals surface area contributed by atoms with Crippen LogP contribution >= 0.6 is 0 Å². The molecule has 326 valence electrons. The first-order valence-electron chi connectivity index (χ1n) is 23.9. The van der Waals surface area contributed by atoms with E-state index < -0.39 is 12.1 Å². The molecule has 0 fully saturated rings. The molecule has 0 spiro atoms. The van der Waals surface area contributed by atoms with Crippen molar-refractivity contribution in [2.24, 2.45) is 0 Å². The van der Waals surface area contributed by atoms with Gasteiger partial charge in [0.1, 0.15) is 0 Å². The molecular weight excluding hydrogens is 695 g/mol. The highest BCUT2D eigenvalue weighted by atomic mass is 16.5. The molecule has 6 nitrogen and oxygen atoms in total. The molecule has 3 N–H and O–H groups in total. The molecule has 0 aliphatic heterocycles. The van der Waals surface area contributed by atoms with Gasteiger partial charge in [-0.2, -0.15) is 0 Å². The third-order valence-electron chi connectivity index (χ3n) is 10.6. The van der Waals surface area contributed by atoms with Gasteiger partial charge in [-0.1, -0.05) is 184 Å². The number of carbonyl (C=O) groups excluding carboxylic acids is 2. The van der Waals surface area contributed by atoms with Crippen molar-refractivity contribution < 1.29 is 24.5 Å². The number of unbranched alkanes of at least 4 members (excludes halogenated alkanes) is 26. The Morgan fingerprint density at radius 3 is 1.43 bits per heavy atom. The van der Waals surface area contributed by atoms with E-state index in [4.69, 9.17) is 4.74 Å². The molecule has 2 atom stereocenters. The second-order valence-corrected chi connectivity index (χ2v) is 16.1. The van der Waals surface area contributed by atoms with Crippen molar-refractivity contribution in [3.8, 4) is 0 Å². The monoisotopic (exact) mass is 786 g/mol. The van der Waals surface area contributed by atoms with Crippen molar-refractivity contribution in [3.63, 3.8) is 0 Å². The highest BCUT2D eigenvalue weighted by Gasteiger charge is 2.17. The van der Waals surface area contributed by atoms with E-state index in [-0.39, 0.29) is 18.5 Å². The Kier molecular flexibility index (Phi) is 43.7. The highest BCUT2D eigenvalue weighted by Crippen LogP contribution is 2.14. The Labute approximate surface area is 346 Å². The zero-order valence-electron chi connectivity index (χ0n) is 36.8. The summed E-state index contributed by atoms with van der Waals surface area (Å²) in [5.41, 5.74) is 0. The summed E-state index contributed by atoms with van der Waals surface area (Å²) in [5, 5.41) is 22.9. The van der Waals surface area contributed by atoms with Crippen LogP contribution in [0.3, 0.4) is 0 Å². The van der Waals surface area contributed by atoms with E-state index in [1.807, 2.05) is 6.08 Å². The highest BCUT2D eigenvalue weighted by molar-refractivity contribution is 5.76. The molecule has 0 saturated carbocycles. The van der Waals surface area contributed by atoms with Crippen molar-refractivity contribution in [2.75, 3.05) is 13.2 Å². The fraction of sp³-hybridized carbons (Fsp3) is 0.800. The first-order valence-corrected chi connectivity index (χ1v) is 23.9. The first kappa shape index (κ1) is 53.8. The maximum atomic E-state index is 12.4. The Bertz CT molecular complexity index is 957. The van der Waals surface area contributed by atoms with Crippen LogP contribution in [0, 0.1) is 0 Å². The van der Waals surface area contributed by atoms with Gasteiger partial charge in [-0.3, -0.25) is 9.59 Å². The van der Waals surface area contributed by atoms with Crippen LogP contribution in [0.25, 0.3) is 0 Å². The van der Waals surface area contributed by atoms with E-state index in [9.17, 15) is 19.8 Å². The van der Waals surface area contributed by atoms with Gasteiger partial charge < -0.3 is 20.3 Å².